The number of pyridine rings is 1. The highest BCUT2D eigenvalue weighted by Crippen LogP contribution is 2.21. The summed E-state index contributed by atoms with van der Waals surface area (Å²) in [4.78, 5) is 32.6. The molecule has 2 N–H and O–H groups in total. The van der Waals surface area contributed by atoms with Crippen molar-refractivity contribution in [3.05, 3.63) is 65.6 Å². The molecule has 0 saturated carbocycles. The molecule has 0 saturated heterocycles. The number of aromatic nitrogens is 2. The Morgan fingerprint density at radius 3 is 2.68 bits per heavy atom. The molecular weight excluding hydrogens is 383 g/mol. The van der Waals surface area contributed by atoms with E-state index in [9.17, 15) is 14.0 Å². The fourth-order valence-electron chi connectivity index (χ4n) is 2.21. The number of rotatable bonds is 6. The van der Waals surface area contributed by atoms with Gasteiger partial charge in [-0.2, -0.15) is 0 Å². The first-order valence-electron chi connectivity index (χ1n) is 8.38. The van der Waals surface area contributed by atoms with Gasteiger partial charge in [0.05, 0.1) is 17.8 Å². The van der Waals surface area contributed by atoms with E-state index in [2.05, 4.69) is 20.8 Å². The Bertz CT molecular complexity index is 947. The zero-order valence-corrected chi connectivity index (χ0v) is 15.7. The summed E-state index contributed by atoms with van der Waals surface area (Å²) in [5.74, 6) is -1.00. The minimum Gasteiger partial charge on any atom is -0.481 e. The number of hydrazine groups is 1. The lowest BCUT2D eigenvalue weighted by Crippen LogP contribution is -2.47. The summed E-state index contributed by atoms with van der Waals surface area (Å²) >= 11 is 1.39. The second-order valence-corrected chi connectivity index (χ2v) is 6.65. The van der Waals surface area contributed by atoms with Crippen molar-refractivity contribution in [1.29, 1.82) is 0 Å². The van der Waals surface area contributed by atoms with Crippen LogP contribution in [0.5, 0.6) is 5.75 Å². The number of amides is 2. The molecule has 9 heteroatoms. The molecule has 3 aromatic rings. The molecule has 0 spiro atoms. The van der Waals surface area contributed by atoms with Gasteiger partial charge in [-0.3, -0.25) is 25.4 Å². The van der Waals surface area contributed by atoms with Crippen LogP contribution in [0.4, 0.5) is 4.39 Å². The molecule has 2 heterocycles. The van der Waals surface area contributed by atoms with Crippen LogP contribution in [0.2, 0.25) is 0 Å². The predicted molar refractivity (Wildman–Crippen MR) is 102 cm³/mol. The molecule has 0 bridgehead atoms. The van der Waals surface area contributed by atoms with E-state index in [-0.39, 0.29) is 6.42 Å². The van der Waals surface area contributed by atoms with Gasteiger partial charge in [0, 0.05) is 11.6 Å². The summed E-state index contributed by atoms with van der Waals surface area (Å²) < 4.78 is 18.3. The zero-order valence-electron chi connectivity index (χ0n) is 14.9. The number of nitrogens with zero attached hydrogens (tertiary/aromatic N) is 2. The Morgan fingerprint density at radius 2 is 1.96 bits per heavy atom. The van der Waals surface area contributed by atoms with E-state index in [4.69, 9.17) is 4.74 Å². The van der Waals surface area contributed by atoms with E-state index < -0.39 is 23.7 Å². The highest BCUT2D eigenvalue weighted by molar-refractivity contribution is 7.13. The Morgan fingerprint density at radius 1 is 1.18 bits per heavy atom. The van der Waals surface area contributed by atoms with Crippen LogP contribution in [0.3, 0.4) is 0 Å². The summed E-state index contributed by atoms with van der Waals surface area (Å²) in [6, 6.07) is 10.8. The Kier molecular flexibility index (Phi) is 6.28. The summed E-state index contributed by atoms with van der Waals surface area (Å²) in [6.45, 7) is 1.52. The van der Waals surface area contributed by atoms with E-state index in [1.165, 1.54) is 42.5 Å². The molecule has 0 fully saturated rings. The third kappa shape index (κ3) is 5.34. The number of hydrogen-bond acceptors (Lipinski definition) is 6. The van der Waals surface area contributed by atoms with Crippen LogP contribution in [0.15, 0.2) is 54.0 Å². The van der Waals surface area contributed by atoms with Gasteiger partial charge in [0.25, 0.3) is 5.91 Å². The standard InChI is InChI=1S/C19H17FN4O3S/c1-12(27-15-7-5-13(20)6-8-15)18(26)24-23-17(25)10-14-11-28-19(22-14)16-4-2-3-9-21-16/h2-9,11-12H,10H2,1H3,(H,23,25)(H,24,26). The number of hydrogen-bond donors (Lipinski definition) is 2. The average Bonchev–Trinajstić information content (AvgIpc) is 3.17. The highest BCUT2D eigenvalue weighted by atomic mass is 32.1. The van der Waals surface area contributed by atoms with E-state index in [0.717, 1.165) is 5.69 Å². The van der Waals surface area contributed by atoms with Crippen LogP contribution < -0.4 is 15.6 Å². The lowest BCUT2D eigenvalue weighted by atomic mass is 10.3. The van der Waals surface area contributed by atoms with Crippen molar-refractivity contribution in [2.45, 2.75) is 19.4 Å². The van der Waals surface area contributed by atoms with E-state index in [1.807, 2.05) is 18.2 Å². The van der Waals surface area contributed by atoms with Crippen molar-refractivity contribution in [3.8, 4) is 16.5 Å². The number of carbonyl (C=O) groups is 2. The summed E-state index contributed by atoms with van der Waals surface area (Å²) in [6.07, 6.45) is 0.811. The van der Waals surface area contributed by atoms with Crippen LogP contribution in [0.25, 0.3) is 10.7 Å². The van der Waals surface area contributed by atoms with Gasteiger partial charge in [-0.15, -0.1) is 11.3 Å². The molecule has 0 aliphatic heterocycles. The first-order valence-corrected chi connectivity index (χ1v) is 9.26. The third-order valence-corrected chi connectivity index (χ3v) is 4.51. The summed E-state index contributed by atoms with van der Waals surface area (Å²) in [5, 5.41) is 2.49. The number of thiazole rings is 1. The van der Waals surface area contributed by atoms with Crippen molar-refractivity contribution in [3.63, 3.8) is 0 Å². The van der Waals surface area contributed by atoms with Gasteiger partial charge in [-0.05, 0) is 43.3 Å². The van der Waals surface area contributed by atoms with Crippen molar-refractivity contribution in [1.82, 2.24) is 20.8 Å². The predicted octanol–water partition coefficient (Wildman–Crippen LogP) is 2.50. The average molecular weight is 400 g/mol. The molecule has 7 nitrogen and oxygen atoms in total. The topological polar surface area (TPSA) is 93.2 Å². The van der Waals surface area contributed by atoms with Gasteiger partial charge in [0.2, 0.25) is 5.91 Å². The number of carbonyl (C=O) groups excluding carboxylic acids is 2. The van der Waals surface area contributed by atoms with Crippen LogP contribution in [0, 0.1) is 5.82 Å². The number of ether oxygens (including phenoxy) is 1. The highest BCUT2D eigenvalue weighted by Gasteiger charge is 2.16. The number of nitrogens with one attached hydrogen (secondary N) is 2. The van der Waals surface area contributed by atoms with E-state index in [1.54, 1.807) is 11.6 Å². The fraction of sp³-hybridized carbons (Fsp3) is 0.158. The van der Waals surface area contributed by atoms with Crippen LogP contribution >= 0.6 is 11.3 Å². The number of halogens is 1. The summed E-state index contributed by atoms with van der Waals surface area (Å²) in [7, 11) is 0. The fourth-order valence-corrected chi connectivity index (χ4v) is 3.00. The monoisotopic (exact) mass is 400 g/mol. The van der Waals surface area contributed by atoms with Crippen LogP contribution in [0.1, 0.15) is 12.6 Å². The van der Waals surface area contributed by atoms with E-state index in [0.29, 0.717) is 16.5 Å². The molecule has 0 aliphatic carbocycles. The maximum absolute atomic E-state index is 12.9. The SMILES string of the molecule is CC(Oc1ccc(F)cc1)C(=O)NNC(=O)Cc1csc(-c2ccccn2)n1. The lowest BCUT2D eigenvalue weighted by Gasteiger charge is -2.15. The van der Waals surface area contributed by atoms with Crippen LogP contribution in [-0.4, -0.2) is 27.9 Å². The Balaban J connectivity index is 1.46. The van der Waals surface area contributed by atoms with E-state index >= 15 is 0 Å². The zero-order chi connectivity index (χ0) is 19.9. The maximum Gasteiger partial charge on any atom is 0.279 e. The van der Waals surface area contributed by atoms with Gasteiger partial charge >= 0.3 is 0 Å². The van der Waals surface area contributed by atoms with Gasteiger partial charge in [-0.1, -0.05) is 6.07 Å². The first-order chi connectivity index (χ1) is 13.5. The molecule has 1 aromatic carbocycles. The lowest BCUT2D eigenvalue weighted by molar-refractivity contribution is -0.132. The molecule has 2 aromatic heterocycles. The minimum absolute atomic E-state index is 0.0107. The van der Waals surface area contributed by atoms with Gasteiger partial charge in [0.15, 0.2) is 6.10 Å². The van der Waals surface area contributed by atoms with Crippen molar-refractivity contribution < 1.29 is 18.7 Å². The van der Waals surface area contributed by atoms with Gasteiger partial charge in [-0.25, -0.2) is 9.37 Å². The quantitative estimate of drug-likeness (QED) is 0.620. The maximum atomic E-state index is 12.9. The van der Waals surface area contributed by atoms with Gasteiger partial charge in [0.1, 0.15) is 16.6 Å². The van der Waals surface area contributed by atoms with Crippen molar-refractivity contribution in [2.75, 3.05) is 0 Å². The Hall–Kier alpha value is -3.33. The minimum atomic E-state index is -0.874. The largest absolute Gasteiger partial charge is 0.481 e. The second kappa shape index (κ2) is 9.05. The number of benzene rings is 1. The third-order valence-electron chi connectivity index (χ3n) is 3.60. The molecule has 0 aliphatic rings. The van der Waals surface area contributed by atoms with Gasteiger partial charge < -0.3 is 4.74 Å². The molecule has 1 unspecified atom stereocenters. The van der Waals surface area contributed by atoms with Crippen molar-refractivity contribution >= 4 is 23.2 Å². The second-order valence-electron chi connectivity index (χ2n) is 5.79. The molecule has 144 valence electrons. The molecular formula is C19H17FN4O3S. The van der Waals surface area contributed by atoms with Crippen molar-refractivity contribution in [2.24, 2.45) is 0 Å². The smallest absolute Gasteiger partial charge is 0.279 e. The first kappa shape index (κ1) is 19.4. The normalized spacial score (nSPS) is 11.5. The summed E-state index contributed by atoms with van der Waals surface area (Å²) in [5.41, 5.74) is 5.94. The molecule has 3 rings (SSSR count). The molecule has 2 amide bonds. The van der Waals surface area contributed by atoms with Crippen LogP contribution in [-0.2, 0) is 16.0 Å². The molecule has 1 atom stereocenters. The Labute approximate surface area is 164 Å². The molecule has 28 heavy (non-hydrogen) atoms. The molecule has 0 radical (unpaired) electrons.